The minimum absolute atomic E-state index is 0.136. The van der Waals surface area contributed by atoms with E-state index < -0.39 is 27.9 Å². The van der Waals surface area contributed by atoms with Crippen molar-refractivity contribution in [1.82, 2.24) is 9.88 Å². The minimum Gasteiger partial charge on any atom is -0.346 e. The maximum atomic E-state index is 12.6. The Morgan fingerprint density at radius 1 is 1.52 bits per heavy atom. The molecule has 2 rings (SSSR count). The number of nitrogens with one attached hydrogen (secondary N) is 1. The molecule has 1 heterocycles. The molecule has 0 radical (unpaired) electrons. The largest absolute Gasteiger partial charge is 0.346 e. The summed E-state index contributed by atoms with van der Waals surface area (Å²) in [7, 11) is 1.11. The van der Waals surface area contributed by atoms with E-state index in [-0.39, 0.29) is 16.1 Å². The van der Waals surface area contributed by atoms with Crippen molar-refractivity contribution in [3.63, 3.8) is 0 Å². The summed E-state index contributed by atoms with van der Waals surface area (Å²) in [6, 6.07) is 1.02. The van der Waals surface area contributed by atoms with Gasteiger partial charge >= 0.3 is 0 Å². The van der Waals surface area contributed by atoms with Crippen LogP contribution in [0.25, 0.3) is 0 Å². The van der Waals surface area contributed by atoms with Crippen molar-refractivity contribution in [2.45, 2.75) is 49.6 Å². The minimum atomic E-state index is -4.08. The van der Waals surface area contributed by atoms with Crippen LogP contribution in [-0.4, -0.2) is 30.9 Å². The molecule has 118 valence electrons. The Kier molecular flexibility index (Phi) is 4.30. The molecule has 21 heavy (non-hydrogen) atoms. The van der Waals surface area contributed by atoms with Gasteiger partial charge in [0.15, 0.2) is 0 Å². The lowest BCUT2D eigenvalue weighted by Gasteiger charge is -2.39. The average Bonchev–Trinajstić information content (AvgIpc) is 2.69. The van der Waals surface area contributed by atoms with Gasteiger partial charge in [0.2, 0.25) is 0 Å². The van der Waals surface area contributed by atoms with Gasteiger partial charge in [-0.05, 0) is 32.3 Å². The topological polar surface area (TPSA) is 68.2 Å². The Morgan fingerprint density at radius 2 is 2.14 bits per heavy atom. The lowest BCUT2D eigenvalue weighted by molar-refractivity contribution is 0.0830. The molecule has 9 heteroatoms. The van der Waals surface area contributed by atoms with E-state index in [2.05, 4.69) is 5.32 Å². The first kappa shape index (κ1) is 16.2. The molecule has 0 aromatic carbocycles. The van der Waals surface area contributed by atoms with Crippen LogP contribution in [0, 0.1) is 0 Å². The van der Waals surface area contributed by atoms with Crippen LogP contribution in [0.1, 0.15) is 36.7 Å². The maximum Gasteiger partial charge on any atom is 0.268 e. The molecule has 0 unspecified atom stereocenters. The highest BCUT2D eigenvalue weighted by molar-refractivity contribution is 8.13. The molecule has 0 bridgehead atoms. The van der Waals surface area contributed by atoms with Crippen LogP contribution in [0.5, 0.6) is 0 Å². The number of rotatable bonds is 5. The number of aromatic nitrogens is 1. The summed E-state index contributed by atoms with van der Waals surface area (Å²) >= 11 is 0. The van der Waals surface area contributed by atoms with Crippen molar-refractivity contribution in [3.8, 4) is 0 Å². The van der Waals surface area contributed by atoms with Gasteiger partial charge in [-0.2, -0.15) is 0 Å². The summed E-state index contributed by atoms with van der Waals surface area (Å²) in [5.74, 6) is -0.579. The van der Waals surface area contributed by atoms with Crippen molar-refractivity contribution in [2.24, 2.45) is 0 Å². The molecule has 0 atom stereocenters. The van der Waals surface area contributed by atoms with Crippen molar-refractivity contribution in [1.29, 1.82) is 0 Å². The number of carbonyl (C=O) groups excluding carboxylic acids is 1. The van der Waals surface area contributed by atoms with E-state index in [0.29, 0.717) is 0 Å². The predicted molar refractivity (Wildman–Crippen MR) is 73.2 cm³/mol. The van der Waals surface area contributed by atoms with Crippen molar-refractivity contribution in [2.75, 3.05) is 0 Å². The fourth-order valence-electron chi connectivity index (χ4n) is 2.28. The van der Waals surface area contributed by atoms with Gasteiger partial charge in [0.25, 0.3) is 21.4 Å². The van der Waals surface area contributed by atoms with E-state index in [0.717, 1.165) is 36.1 Å². The van der Waals surface area contributed by atoms with Crippen LogP contribution in [0.4, 0.5) is 8.78 Å². The summed E-state index contributed by atoms with van der Waals surface area (Å²) < 4.78 is 48.6. The van der Waals surface area contributed by atoms with E-state index >= 15 is 0 Å². The van der Waals surface area contributed by atoms with E-state index in [4.69, 9.17) is 10.7 Å². The predicted octanol–water partition coefficient (Wildman–Crippen LogP) is 2.35. The first-order valence-electron chi connectivity index (χ1n) is 6.36. The molecule has 1 aliphatic rings. The number of alkyl halides is 2. The van der Waals surface area contributed by atoms with E-state index in [1.54, 1.807) is 0 Å². The Balaban J connectivity index is 2.31. The van der Waals surface area contributed by atoms with Gasteiger partial charge in [-0.15, -0.1) is 0 Å². The van der Waals surface area contributed by atoms with Crippen LogP contribution < -0.4 is 5.32 Å². The number of amides is 1. The van der Waals surface area contributed by atoms with E-state index in [9.17, 15) is 22.0 Å². The van der Waals surface area contributed by atoms with Crippen molar-refractivity contribution < 1.29 is 22.0 Å². The first-order chi connectivity index (χ1) is 9.61. The zero-order valence-electron chi connectivity index (χ0n) is 11.3. The Labute approximate surface area is 125 Å². The Hall–Kier alpha value is -1.15. The molecule has 1 fully saturated rings. The highest BCUT2D eigenvalue weighted by Crippen LogP contribution is 2.31. The molecule has 0 saturated heterocycles. The van der Waals surface area contributed by atoms with E-state index in [1.165, 1.54) is 0 Å². The summed E-state index contributed by atoms with van der Waals surface area (Å²) in [4.78, 5) is 11.8. The second-order valence-corrected chi connectivity index (χ2v) is 7.98. The normalized spacial score (nSPS) is 17.6. The van der Waals surface area contributed by atoms with E-state index in [1.807, 2.05) is 6.92 Å². The molecule has 1 N–H and O–H groups in total. The molecule has 0 spiro atoms. The molecule has 1 saturated carbocycles. The SMILES string of the molecule is CC1(NC(=O)c2cc(S(=O)(=O)Cl)cn2CC(F)F)CCC1. The van der Waals surface area contributed by atoms with Crippen LogP contribution in [-0.2, 0) is 15.6 Å². The van der Waals surface area contributed by atoms with Gasteiger partial charge in [0.05, 0.1) is 6.54 Å². The molecule has 5 nitrogen and oxygen atoms in total. The number of nitrogens with zero attached hydrogens (tertiary/aromatic N) is 1. The summed E-state index contributed by atoms with van der Waals surface area (Å²) in [6.45, 7) is 1.08. The monoisotopic (exact) mass is 340 g/mol. The van der Waals surface area contributed by atoms with Gasteiger partial charge < -0.3 is 9.88 Å². The molecule has 1 amide bonds. The van der Waals surface area contributed by atoms with Gasteiger partial charge in [-0.3, -0.25) is 4.79 Å². The third kappa shape index (κ3) is 3.74. The number of carbonyl (C=O) groups is 1. The number of halogens is 3. The lowest BCUT2D eigenvalue weighted by atomic mass is 9.78. The third-order valence-electron chi connectivity index (χ3n) is 3.59. The molecular weight excluding hydrogens is 326 g/mol. The average molecular weight is 341 g/mol. The van der Waals surface area contributed by atoms with Crippen molar-refractivity contribution >= 4 is 25.6 Å². The number of hydrogen-bond acceptors (Lipinski definition) is 3. The zero-order valence-corrected chi connectivity index (χ0v) is 12.8. The van der Waals surface area contributed by atoms with Crippen LogP contribution >= 0.6 is 10.7 Å². The molecule has 1 aliphatic carbocycles. The zero-order chi connectivity index (χ0) is 15.8. The van der Waals surface area contributed by atoms with Gasteiger partial charge in [0, 0.05) is 22.4 Å². The first-order valence-corrected chi connectivity index (χ1v) is 8.67. The highest BCUT2D eigenvalue weighted by Gasteiger charge is 2.34. The molecule has 1 aromatic rings. The van der Waals surface area contributed by atoms with Gasteiger partial charge in [0.1, 0.15) is 10.6 Å². The molecular formula is C12H15ClF2N2O3S. The summed E-state index contributed by atoms with van der Waals surface area (Å²) in [5.41, 5.74) is -0.501. The quantitative estimate of drug-likeness (QED) is 0.837. The maximum absolute atomic E-state index is 12.6. The summed E-state index contributed by atoms with van der Waals surface area (Å²) in [6.07, 6.45) is 0.821. The van der Waals surface area contributed by atoms with Gasteiger partial charge in [-0.25, -0.2) is 17.2 Å². The van der Waals surface area contributed by atoms with Crippen molar-refractivity contribution in [3.05, 3.63) is 18.0 Å². The summed E-state index contributed by atoms with van der Waals surface area (Å²) in [5, 5.41) is 2.74. The number of hydrogen-bond donors (Lipinski definition) is 1. The van der Waals surface area contributed by atoms with Crippen LogP contribution in [0.3, 0.4) is 0 Å². The van der Waals surface area contributed by atoms with Gasteiger partial charge in [-0.1, -0.05) is 0 Å². The smallest absolute Gasteiger partial charge is 0.268 e. The van der Waals surface area contributed by atoms with Crippen LogP contribution in [0.15, 0.2) is 17.2 Å². The fourth-order valence-corrected chi connectivity index (χ4v) is 3.04. The lowest BCUT2D eigenvalue weighted by Crippen LogP contribution is -2.51. The second kappa shape index (κ2) is 5.57. The van der Waals surface area contributed by atoms with Crippen LogP contribution in [0.2, 0.25) is 0 Å². The molecule has 0 aliphatic heterocycles. The Bertz CT molecular complexity index is 653. The fraction of sp³-hybridized carbons (Fsp3) is 0.583. The standard InChI is InChI=1S/C12H15ClF2N2O3S/c1-12(3-2-4-12)16-11(18)9-5-8(21(13,19)20)6-17(9)7-10(14)15/h5-6,10H,2-4,7H2,1H3,(H,16,18). The highest BCUT2D eigenvalue weighted by atomic mass is 35.7. The third-order valence-corrected chi connectivity index (χ3v) is 4.91. The Morgan fingerprint density at radius 3 is 2.57 bits per heavy atom. The second-order valence-electron chi connectivity index (χ2n) is 5.41. The molecule has 1 aromatic heterocycles.